The van der Waals surface area contributed by atoms with E-state index in [1.807, 2.05) is 0 Å². The molecule has 92 valence electrons. The van der Waals surface area contributed by atoms with Crippen LogP contribution in [0.25, 0.3) is 0 Å². The number of hydrogen-bond donors (Lipinski definition) is 3. The van der Waals surface area contributed by atoms with Gasteiger partial charge in [-0.25, -0.2) is 9.44 Å². The van der Waals surface area contributed by atoms with Crippen LogP contribution in [-0.2, 0) is 10.2 Å². The van der Waals surface area contributed by atoms with Crippen LogP contribution in [-0.4, -0.2) is 34.6 Å². The topological polar surface area (TPSA) is 70.2 Å². The van der Waals surface area contributed by atoms with Crippen LogP contribution in [0, 0.1) is 5.92 Å². The molecule has 1 aliphatic heterocycles. The summed E-state index contributed by atoms with van der Waals surface area (Å²) in [5, 5.41) is 3.25. The third kappa shape index (κ3) is 6.32. The summed E-state index contributed by atoms with van der Waals surface area (Å²) in [6.07, 6.45) is 2.23. The van der Waals surface area contributed by atoms with Crippen molar-refractivity contribution in [2.75, 3.05) is 26.2 Å². The Morgan fingerprint density at radius 2 is 2.13 bits per heavy atom. The Bertz CT molecular complexity index is 253. The molecular weight excluding hydrogens is 238 g/mol. The minimum absolute atomic E-state index is 0. The lowest BCUT2D eigenvalue weighted by Gasteiger charge is -2.22. The van der Waals surface area contributed by atoms with Crippen molar-refractivity contribution in [1.29, 1.82) is 0 Å². The van der Waals surface area contributed by atoms with E-state index in [1.165, 1.54) is 0 Å². The molecule has 1 unspecified atom stereocenters. The maximum atomic E-state index is 11.2. The second-order valence-electron chi connectivity index (χ2n) is 3.56. The summed E-state index contributed by atoms with van der Waals surface area (Å²) in [5.41, 5.74) is 0. The lowest BCUT2D eigenvalue weighted by atomic mass is 10.0. The van der Waals surface area contributed by atoms with Crippen molar-refractivity contribution in [3.8, 4) is 0 Å². The predicted molar refractivity (Wildman–Crippen MR) is 63.4 cm³/mol. The minimum Gasteiger partial charge on any atom is -0.316 e. The Morgan fingerprint density at radius 3 is 2.67 bits per heavy atom. The van der Waals surface area contributed by atoms with Crippen LogP contribution in [0.3, 0.4) is 0 Å². The van der Waals surface area contributed by atoms with E-state index >= 15 is 0 Å². The van der Waals surface area contributed by atoms with Crippen LogP contribution < -0.4 is 14.8 Å². The van der Waals surface area contributed by atoms with Gasteiger partial charge < -0.3 is 5.32 Å². The zero-order valence-electron chi connectivity index (χ0n) is 8.95. The fraction of sp³-hybridized carbons (Fsp3) is 1.00. The molecule has 1 fully saturated rings. The minimum atomic E-state index is -3.26. The quantitative estimate of drug-likeness (QED) is 0.642. The summed E-state index contributed by atoms with van der Waals surface area (Å²) in [5.74, 6) is 0.428. The van der Waals surface area contributed by atoms with Gasteiger partial charge in [0.2, 0.25) is 0 Å². The van der Waals surface area contributed by atoms with E-state index in [9.17, 15) is 8.42 Å². The SMILES string of the molecule is CCNS(=O)(=O)NCC1CCCNC1.Cl. The lowest BCUT2D eigenvalue weighted by Crippen LogP contribution is -2.42. The molecule has 0 aromatic heterocycles. The maximum Gasteiger partial charge on any atom is 0.276 e. The van der Waals surface area contributed by atoms with E-state index in [-0.39, 0.29) is 12.4 Å². The first-order chi connectivity index (χ1) is 6.64. The van der Waals surface area contributed by atoms with E-state index in [1.54, 1.807) is 6.92 Å². The monoisotopic (exact) mass is 257 g/mol. The second kappa shape index (κ2) is 7.40. The van der Waals surface area contributed by atoms with Crippen LogP contribution in [0.1, 0.15) is 19.8 Å². The summed E-state index contributed by atoms with van der Waals surface area (Å²) < 4.78 is 27.4. The van der Waals surface area contributed by atoms with E-state index in [2.05, 4.69) is 14.8 Å². The van der Waals surface area contributed by atoms with E-state index in [0.717, 1.165) is 25.9 Å². The fourth-order valence-corrected chi connectivity index (χ4v) is 2.50. The number of rotatable bonds is 5. The summed E-state index contributed by atoms with van der Waals surface area (Å²) >= 11 is 0. The molecule has 5 nitrogen and oxygen atoms in total. The molecule has 0 aromatic carbocycles. The van der Waals surface area contributed by atoms with Gasteiger partial charge in [-0.05, 0) is 31.8 Å². The van der Waals surface area contributed by atoms with Gasteiger partial charge >= 0.3 is 0 Å². The van der Waals surface area contributed by atoms with E-state index < -0.39 is 10.2 Å². The van der Waals surface area contributed by atoms with Crippen molar-refractivity contribution < 1.29 is 8.42 Å². The van der Waals surface area contributed by atoms with Crippen LogP contribution >= 0.6 is 12.4 Å². The van der Waals surface area contributed by atoms with Crippen molar-refractivity contribution in [2.45, 2.75) is 19.8 Å². The molecule has 0 aromatic rings. The molecule has 1 atom stereocenters. The number of nitrogens with one attached hydrogen (secondary N) is 3. The third-order valence-electron chi connectivity index (χ3n) is 2.30. The molecule has 0 amide bonds. The summed E-state index contributed by atoms with van der Waals surface area (Å²) in [4.78, 5) is 0. The molecule has 1 aliphatic rings. The summed E-state index contributed by atoms with van der Waals surface area (Å²) in [7, 11) is -3.26. The molecule has 1 heterocycles. The lowest BCUT2D eigenvalue weighted by molar-refractivity contribution is 0.375. The maximum absolute atomic E-state index is 11.2. The Labute approximate surface area is 98.0 Å². The van der Waals surface area contributed by atoms with E-state index in [4.69, 9.17) is 0 Å². The molecule has 0 saturated carbocycles. The first kappa shape index (κ1) is 15.1. The van der Waals surface area contributed by atoms with Crippen molar-refractivity contribution in [3.63, 3.8) is 0 Å². The molecule has 0 spiro atoms. The van der Waals surface area contributed by atoms with Gasteiger partial charge in [0.25, 0.3) is 10.2 Å². The van der Waals surface area contributed by atoms with Gasteiger partial charge in [-0.2, -0.15) is 8.42 Å². The van der Waals surface area contributed by atoms with Gasteiger partial charge in [0, 0.05) is 13.1 Å². The number of hydrogen-bond acceptors (Lipinski definition) is 3. The molecule has 3 N–H and O–H groups in total. The largest absolute Gasteiger partial charge is 0.316 e. The molecule has 7 heteroatoms. The Hall–Kier alpha value is 0.120. The molecule has 1 saturated heterocycles. The highest BCUT2D eigenvalue weighted by molar-refractivity contribution is 7.87. The average Bonchev–Trinajstić information content (AvgIpc) is 2.17. The van der Waals surface area contributed by atoms with Gasteiger partial charge in [0.05, 0.1) is 0 Å². The number of halogens is 1. The second-order valence-corrected chi connectivity index (χ2v) is 5.15. The van der Waals surface area contributed by atoms with Crippen LogP contribution in [0.5, 0.6) is 0 Å². The van der Waals surface area contributed by atoms with Crippen molar-refractivity contribution in [1.82, 2.24) is 14.8 Å². The molecule has 0 bridgehead atoms. The molecular formula is C8H20ClN3O2S. The Kier molecular flexibility index (Phi) is 7.46. The van der Waals surface area contributed by atoms with Crippen molar-refractivity contribution >= 4 is 22.6 Å². The normalized spacial score (nSPS) is 22.1. The highest BCUT2D eigenvalue weighted by Crippen LogP contribution is 2.08. The highest BCUT2D eigenvalue weighted by atomic mass is 35.5. The smallest absolute Gasteiger partial charge is 0.276 e. The Morgan fingerprint density at radius 1 is 1.40 bits per heavy atom. The molecule has 0 radical (unpaired) electrons. The molecule has 15 heavy (non-hydrogen) atoms. The number of piperidine rings is 1. The zero-order valence-corrected chi connectivity index (χ0v) is 10.6. The molecule has 1 rings (SSSR count). The summed E-state index contributed by atoms with van der Waals surface area (Å²) in [6, 6.07) is 0. The van der Waals surface area contributed by atoms with Gasteiger partial charge in [-0.1, -0.05) is 6.92 Å². The average molecular weight is 258 g/mol. The first-order valence-corrected chi connectivity index (χ1v) is 6.57. The van der Waals surface area contributed by atoms with Crippen molar-refractivity contribution in [3.05, 3.63) is 0 Å². The highest BCUT2D eigenvalue weighted by Gasteiger charge is 2.15. The van der Waals surface area contributed by atoms with Crippen molar-refractivity contribution in [2.24, 2.45) is 5.92 Å². The van der Waals surface area contributed by atoms with E-state index in [0.29, 0.717) is 19.0 Å². The van der Waals surface area contributed by atoms with Crippen LogP contribution in [0.15, 0.2) is 0 Å². The van der Waals surface area contributed by atoms with Gasteiger partial charge in [-0.3, -0.25) is 0 Å². The first-order valence-electron chi connectivity index (χ1n) is 5.09. The van der Waals surface area contributed by atoms with Gasteiger partial charge in [-0.15, -0.1) is 12.4 Å². The standard InChI is InChI=1S/C8H19N3O2S.ClH/c1-2-10-14(12,13)11-7-8-4-3-5-9-6-8;/h8-11H,2-7H2,1H3;1H. The zero-order chi connectivity index (χ0) is 10.4. The van der Waals surface area contributed by atoms with Gasteiger partial charge in [0.15, 0.2) is 0 Å². The summed E-state index contributed by atoms with van der Waals surface area (Å²) in [6.45, 7) is 4.69. The fourth-order valence-electron chi connectivity index (χ4n) is 1.57. The predicted octanol–water partition coefficient (Wildman–Crippen LogP) is -0.148. The third-order valence-corrected chi connectivity index (χ3v) is 3.51. The van der Waals surface area contributed by atoms with Crippen LogP contribution in [0.2, 0.25) is 0 Å². The van der Waals surface area contributed by atoms with Crippen LogP contribution in [0.4, 0.5) is 0 Å². The molecule has 0 aliphatic carbocycles. The Balaban J connectivity index is 0.00000196. The van der Waals surface area contributed by atoms with Gasteiger partial charge in [0.1, 0.15) is 0 Å².